The smallest absolute Gasteiger partial charge is 0.326 e. The van der Waals surface area contributed by atoms with Crippen LogP contribution in [0.25, 0.3) is 0 Å². The monoisotopic (exact) mass is 290 g/mol. The van der Waals surface area contributed by atoms with Crippen molar-refractivity contribution in [3.8, 4) is 0 Å². The summed E-state index contributed by atoms with van der Waals surface area (Å²) in [6.07, 6.45) is 1.68. The highest BCUT2D eigenvalue weighted by atomic mass is 32.2. The fraction of sp³-hybridized carbons (Fsp3) is 0.750. The summed E-state index contributed by atoms with van der Waals surface area (Å²) in [6, 6.07) is -0.826. The third-order valence-corrected chi connectivity index (χ3v) is 3.51. The maximum atomic E-state index is 11.3. The Morgan fingerprint density at radius 2 is 1.89 bits per heavy atom. The highest BCUT2D eigenvalue weighted by Crippen LogP contribution is 2.09. The number of aliphatic carboxylic acids is 1. The standard InChI is InChI=1S/C12H22N2O4S/c1-9(15)13-10(12(17)18)6-8-19-7-4-5-11(16)14(2)3/h10H,4-8H2,1-3H3,(H,13,15)(H,17,18). The highest BCUT2D eigenvalue weighted by Gasteiger charge is 2.17. The van der Waals surface area contributed by atoms with Crippen molar-refractivity contribution in [1.82, 2.24) is 10.2 Å². The van der Waals surface area contributed by atoms with Crippen LogP contribution in [0.15, 0.2) is 0 Å². The van der Waals surface area contributed by atoms with E-state index in [9.17, 15) is 14.4 Å². The molecule has 0 fully saturated rings. The molecule has 7 heteroatoms. The fourth-order valence-corrected chi connectivity index (χ4v) is 2.31. The van der Waals surface area contributed by atoms with E-state index in [2.05, 4.69) is 5.32 Å². The Morgan fingerprint density at radius 3 is 2.37 bits per heavy atom. The van der Waals surface area contributed by atoms with Gasteiger partial charge in [-0.25, -0.2) is 4.79 Å². The molecule has 1 atom stereocenters. The molecule has 0 bridgehead atoms. The maximum Gasteiger partial charge on any atom is 0.326 e. The second-order valence-corrected chi connectivity index (χ2v) is 5.61. The lowest BCUT2D eigenvalue weighted by Crippen LogP contribution is -2.39. The molecule has 0 aliphatic carbocycles. The number of rotatable bonds is 9. The fourth-order valence-electron chi connectivity index (χ4n) is 1.36. The van der Waals surface area contributed by atoms with Crippen LogP contribution in [0.3, 0.4) is 0 Å². The van der Waals surface area contributed by atoms with Gasteiger partial charge in [-0.1, -0.05) is 0 Å². The van der Waals surface area contributed by atoms with Gasteiger partial charge in [0.15, 0.2) is 0 Å². The summed E-state index contributed by atoms with van der Waals surface area (Å²) in [6.45, 7) is 1.30. The van der Waals surface area contributed by atoms with Crippen LogP contribution in [0, 0.1) is 0 Å². The number of hydrogen-bond donors (Lipinski definition) is 2. The summed E-state index contributed by atoms with van der Waals surface area (Å²) < 4.78 is 0. The minimum Gasteiger partial charge on any atom is -0.480 e. The molecule has 0 aromatic rings. The Bertz CT molecular complexity index is 321. The molecule has 0 heterocycles. The number of amides is 2. The zero-order valence-electron chi connectivity index (χ0n) is 11.6. The minimum atomic E-state index is -1.02. The lowest BCUT2D eigenvalue weighted by Gasteiger charge is -2.13. The first-order valence-corrected chi connectivity index (χ1v) is 7.28. The first kappa shape index (κ1) is 17.8. The van der Waals surface area contributed by atoms with Crippen molar-refractivity contribution in [3.63, 3.8) is 0 Å². The molecule has 0 radical (unpaired) electrons. The van der Waals surface area contributed by atoms with Crippen LogP contribution in [0.4, 0.5) is 0 Å². The molecule has 0 rings (SSSR count). The minimum absolute atomic E-state index is 0.0993. The summed E-state index contributed by atoms with van der Waals surface area (Å²) in [5.41, 5.74) is 0. The Labute approximate surface area is 117 Å². The van der Waals surface area contributed by atoms with E-state index in [1.165, 1.54) is 6.92 Å². The first-order valence-electron chi connectivity index (χ1n) is 6.12. The van der Waals surface area contributed by atoms with Gasteiger partial charge in [-0.2, -0.15) is 11.8 Å². The van der Waals surface area contributed by atoms with Crippen molar-refractivity contribution in [2.24, 2.45) is 0 Å². The van der Waals surface area contributed by atoms with Gasteiger partial charge in [0.1, 0.15) is 6.04 Å². The summed E-state index contributed by atoms with van der Waals surface area (Å²) in [7, 11) is 3.45. The largest absolute Gasteiger partial charge is 0.480 e. The maximum absolute atomic E-state index is 11.3. The Balaban J connectivity index is 3.69. The van der Waals surface area contributed by atoms with Gasteiger partial charge in [-0.15, -0.1) is 0 Å². The SMILES string of the molecule is CC(=O)NC(CCSCCCC(=O)N(C)C)C(=O)O. The topological polar surface area (TPSA) is 86.7 Å². The normalized spacial score (nSPS) is 11.7. The second kappa shape index (κ2) is 9.66. The number of nitrogens with one attached hydrogen (secondary N) is 1. The van der Waals surface area contributed by atoms with Crippen molar-refractivity contribution in [2.75, 3.05) is 25.6 Å². The second-order valence-electron chi connectivity index (χ2n) is 4.38. The molecule has 0 aromatic carbocycles. The molecule has 0 aromatic heterocycles. The molecule has 0 aliphatic heterocycles. The number of thioether (sulfide) groups is 1. The van der Waals surface area contributed by atoms with Crippen molar-refractivity contribution in [1.29, 1.82) is 0 Å². The van der Waals surface area contributed by atoms with E-state index in [1.54, 1.807) is 30.8 Å². The predicted molar refractivity (Wildman–Crippen MR) is 75.1 cm³/mol. The lowest BCUT2D eigenvalue weighted by molar-refractivity contribution is -0.141. The quantitative estimate of drug-likeness (QED) is 0.606. The van der Waals surface area contributed by atoms with Gasteiger partial charge in [-0.3, -0.25) is 9.59 Å². The summed E-state index contributed by atoms with van der Waals surface area (Å²) in [4.78, 5) is 34.5. The van der Waals surface area contributed by atoms with E-state index in [4.69, 9.17) is 5.11 Å². The van der Waals surface area contributed by atoms with Crippen LogP contribution in [0.5, 0.6) is 0 Å². The number of carbonyl (C=O) groups is 3. The molecular formula is C12H22N2O4S. The zero-order valence-corrected chi connectivity index (χ0v) is 12.5. The number of carbonyl (C=O) groups excluding carboxylic acids is 2. The zero-order chi connectivity index (χ0) is 14.8. The molecule has 6 nitrogen and oxygen atoms in total. The van der Waals surface area contributed by atoms with Crippen LogP contribution < -0.4 is 5.32 Å². The van der Waals surface area contributed by atoms with Crippen LogP contribution in [0.2, 0.25) is 0 Å². The lowest BCUT2D eigenvalue weighted by atomic mass is 10.2. The van der Waals surface area contributed by atoms with Crippen molar-refractivity contribution < 1.29 is 19.5 Å². The van der Waals surface area contributed by atoms with Gasteiger partial charge in [0.25, 0.3) is 0 Å². The van der Waals surface area contributed by atoms with E-state index >= 15 is 0 Å². The number of carboxylic acids is 1. The van der Waals surface area contributed by atoms with Gasteiger partial charge in [0, 0.05) is 27.4 Å². The third-order valence-electron chi connectivity index (χ3n) is 2.40. The number of carboxylic acid groups (broad SMARTS) is 1. The van der Waals surface area contributed by atoms with E-state index in [0.29, 0.717) is 18.6 Å². The van der Waals surface area contributed by atoms with Crippen molar-refractivity contribution >= 4 is 29.5 Å². The van der Waals surface area contributed by atoms with Crippen LogP contribution in [-0.4, -0.2) is 59.4 Å². The summed E-state index contributed by atoms with van der Waals surface area (Å²) in [5, 5.41) is 11.3. The number of hydrogen-bond acceptors (Lipinski definition) is 4. The van der Waals surface area contributed by atoms with E-state index in [1.807, 2.05) is 0 Å². The molecule has 2 N–H and O–H groups in total. The number of nitrogens with zero attached hydrogens (tertiary/aromatic N) is 1. The Kier molecular flexibility index (Phi) is 9.03. The molecule has 1 unspecified atom stereocenters. The summed E-state index contributed by atoms with van der Waals surface area (Å²) >= 11 is 1.59. The van der Waals surface area contributed by atoms with E-state index < -0.39 is 12.0 Å². The highest BCUT2D eigenvalue weighted by molar-refractivity contribution is 7.99. The van der Waals surface area contributed by atoms with Crippen LogP contribution >= 0.6 is 11.8 Å². The van der Waals surface area contributed by atoms with Crippen LogP contribution in [-0.2, 0) is 14.4 Å². The molecule has 0 aliphatic rings. The molecule has 0 saturated carbocycles. The third kappa shape index (κ3) is 9.35. The van der Waals surface area contributed by atoms with E-state index in [0.717, 1.165) is 12.2 Å². The average Bonchev–Trinajstić information content (AvgIpc) is 2.30. The van der Waals surface area contributed by atoms with Gasteiger partial charge in [0.05, 0.1) is 0 Å². The summed E-state index contributed by atoms with van der Waals surface area (Å²) in [5.74, 6) is 0.203. The van der Waals surface area contributed by atoms with Crippen molar-refractivity contribution in [3.05, 3.63) is 0 Å². The molecule has 2 amide bonds. The molecule has 0 saturated heterocycles. The van der Waals surface area contributed by atoms with Gasteiger partial charge >= 0.3 is 5.97 Å². The molecule has 19 heavy (non-hydrogen) atoms. The van der Waals surface area contributed by atoms with E-state index in [-0.39, 0.29) is 11.8 Å². The Morgan fingerprint density at radius 1 is 1.26 bits per heavy atom. The predicted octanol–water partition coefficient (Wildman–Crippen LogP) is 0.567. The van der Waals surface area contributed by atoms with Crippen molar-refractivity contribution in [2.45, 2.75) is 32.2 Å². The van der Waals surface area contributed by atoms with Gasteiger partial charge in [0.2, 0.25) is 11.8 Å². The first-order chi connectivity index (χ1) is 8.84. The average molecular weight is 290 g/mol. The molecule has 110 valence electrons. The molecule has 0 spiro atoms. The van der Waals surface area contributed by atoms with Gasteiger partial charge < -0.3 is 15.3 Å². The molecular weight excluding hydrogens is 268 g/mol. The Hall–Kier alpha value is -1.24. The van der Waals surface area contributed by atoms with Gasteiger partial charge in [-0.05, 0) is 24.3 Å². The van der Waals surface area contributed by atoms with Crippen LogP contribution in [0.1, 0.15) is 26.2 Å².